The number of hydrogen-bond acceptors (Lipinski definition) is 2. The molecule has 0 bridgehead atoms. The summed E-state index contributed by atoms with van der Waals surface area (Å²) >= 11 is 0. The van der Waals surface area contributed by atoms with Gasteiger partial charge in [-0.1, -0.05) is 26.2 Å². The van der Waals surface area contributed by atoms with Crippen LogP contribution in [0.4, 0.5) is 0 Å². The van der Waals surface area contributed by atoms with Gasteiger partial charge in [-0.15, -0.1) is 0 Å². The first-order valence-corrected chi connectivity index (χ1v) is 7.43. The summed E-state index contributed by atoms with van der Waals surface area (Å²) in [6.07, 6.45) is 8.68. The van der Waals surface area contributed by atoms with E-state index < -0.39 is 0 Å². The summed E-state index contributed by atoms with van der Waals surface area (Å²) in [4.78, 5) is 14.7. The molecule has 1 saturated carbocycles. The molecule has 2 nitrogen and oxygen atoms in total. The average Bonchev–Trinajstić information content (AvgIpc) is 2.33. The fourth-order valence-electron chi connectivity index (χ4n) is 3.30. The van der Waals surface area contributed by atoms with E-state index in [1.165, 1.54) is 32.1 Å². The second kappa shape index (κ2) is 5.99. The van der Waals surface area contributed by atoms with Crippen molar-refractivity contribution in [3.63, 3.8) is 0 Å². The highest BCUT2D eigenvalue weighted by molar-refractivity contribution is 5.83. The van der Waals surface area contributed by atoms with Crippen molar-refractivity contribution in [2.24, 2.45) is 11.8 Å². The molecule has 98 valence electrons. The van der Waals surface area contributed by atoms with Crippen molar-refractivity contribution in [2.45, 2.75) is 64.8 Å². The molecule has 0 radical (unpaired) electrons. The lowest BCUT2D eigenvalue weighted by molar-refractivity contribution is -0.126. The minimum absolute atomic E-state index is 0.375. The third kappa shape index (κ3) is 3.54. The third-order valence-electron chi connectivity index (χ3n) is 4.77. The Morgan fingerprint density at radius 1 is 1.06 bits per heavy atom. The number of carbonyl (C=O) groups is 1. The number of carbonyl (C=O) groups excluding carboxylic acids is 1. The lowest BCUT2D eigenvalue weighted by Crippen LogP contribution is -2.42. The van der Waals surface area contributed by atoms with Gasteiger partial charge < -0.3 is 0 Å². The van der Waals surface area contributed by atoms with Crippen LogP contribution in [0.1, 0.15) is 58.8 Å². The standard InChI is InChI=1S/C15H27NO/c1-12-6-8-14(9-7-12)15(17)11-16-10-4-3-5-13(16)2/h12-14H,3-11H2,1-2H3. The molecule has 0 N–H and O–H groups in total. The van der Waals surface area contributed by atoms with E-state index in [9.17, 15) is 4.79 Å². The zero-order chi connectivity index (χ0) is 12.3. The molecule has 0 aromatic rings. The highest BCUT2D eigenvalue weighted by Crippen LogP contribution is 2.29. The van der Waals surface area contributed by atoms with Crippen molar-refractivity contribution in [2.75, 3.05) is 13.1 Å². The van der Waals surface area contributed by atoms with E-state index in [0.717, 1.165) is 31.8 Å². The van der Waals surface area contributed by atoms with E-state index in [1.54, 1.807) is 0 Å². The molecule has 1 unspecified atom stereocenters. The summed E-state index contributed by atoms with van der Waals surface area (Å²) < 4.78 is 0. The second-order valence-corrected chi connectivity index (χ2v) is 6.24. The Bertz CT molecular complexity index is 256. The lowest BCUT2D eigenvalue weighted by Gasteiger charge is -2.34. The predicted octanol–water partition coefficient (Wildman–Crippen LogP) is 3.26. The van der Waals surface area contributed by atoms with Crippen molar-refractivity contribution in [3.8, 4) is 0 Å². The molecule has 2 fully saturated rings. The fourth-order valence-corrected chi connectivity index (χ4v) is 3.30. The van der Waals surface area contributed by atoms with Gasteiger partial charge in [0.1, 0.15) is 5.78 Å². The van der Waals surface area contributed by atoms with Gasteiger partial charge in [0.25, 0.3) is 0 Å². The Morgan fingerprint density at radius 3 is 2.41 bits per heavy atom. The van der Waals surface area contributed by atoms with Crippen LogP contribution >= 0.6 is 0 Å². The van der Waals surface area contributed by atoms with Gasteiger partial charge in [0.15, 0.2) is 0 Å². The summed E-state index contributed by atoms with van der Waals surface area (Å²) in [5.41, 5.74) is 0. The molecule has 1 saturated heterocycles. The van der Waals surface area contributed by atoms with Crippen LogP contribution in [-0.4, -0.2) is 29.8 Å². The summed E-state index contributed by atoms with van der Waals surface area (Å²) in [6, 6.07) is 0.621. The Balaban J connectivity index is 1.79. The van der Waals surface area contributed by atoms with Gasteiger partial charge in [0, 0.05) is 12.0 Å². The van der Waals surface area contributed by atoms with Crippen molar-refractivity contribution >= 4 is 5.78 Å². The Labute approximate surface area is 106 Å². The van der Waals surface area contributed by atoms with Crippen LogP contribution in [0.2, 0.25) is 0 Å². The molecule has 0 spiro atoms. The molecular formula is C15H27NO. The van der Waals surface area contributed by atoms with Gasteiger partial charge in [0.05, 0.1) is 6.54 Å². The van der Waals surface area contributed by atoms with Crippen LogP contribution in [0, 0.1) is 11.8 Å². The van der Waals surface area contributed by atoms with Crippen molar-refractivity contribution in [1.29, 1.82) is 0 Å². The number of likely N-dealkylation sites (tertiary alicyclic amines) is 1. The average molecular weight is 237 g/mol. The van der Waals surface area contributed by atoms with Gasteiger partial charge in [-0.2, -0.15) is 0 Å². The number of Topliss-reactive ketones (excluding diaryl/α,β-unsaturated/α-hetero) is 1. The third-order valence-corrected chi connectivity index (χ3v) is 4.77. The van der Waals surface area contributed by atoms with E-state index in [1.807, 2.05) is 0 Å². The van der Waals surface area contributed by atoms with E-state index in [4.69, 9.17) is 0 Å². The minimum Gasteiger partial charge on any atom is -0.298 e. The molecular weight excluding hydrogens is 210 g/mol. The smallest absolute Gasteiger partial charge is 0.149 e. The van der Waals surface area contributed by atoms with Crippen LogP contribution in [0.5, 0.6) is 0 Å². The van der Waals surface area contributed by atoms with Crippen LogP contribution in [0.25, 0.3) is 0 Å². The fraction of sp³-hybridized carbons (Fsp3) is 0.933. The topological polar surface area (TPSA) is 20.3 Å². The maximum Gasteiger partial charge on any atom is 0.149 e. The number of nitrogens with zero attached hydrogens (tertiary/aromatic N) is 1. The SMILES string of the molecule is CC1CCC(C(=O)CN2CCCCC2C)CC1. The molecule has 0 aromatic heterocycles. The Hall–Kier alpha value is -0.370. The zero-order valence-electron chi connectivity index (χ0n) is 11.5. The molecule has 17 heavy (non-hydrogen) atoms. The van der Waals surface area contributed by atoms with Gasteiger partial charge in [-0.05, 0) is 45.1 Å². The molecule has 1 atom stereocenters. The second-order valence-electron chi connectivity index (χ2n) is 6.24. The van der Waals surface area contributed by atoms with E-state index in [2.05, 4.69) is 18.7 Å². The number of ketones is 1. The summed E-state index contributed by atoms with van der Waals surface area (Å²) in [5, 5.41) is 0. The van der Waals surface area contributed by atoms with Crippen LogP contribution in [0.15, 0.2) is 0 Å². The number of rotatable bonds is 3. The molecule has 2 aliphatic rings. The van der Waals surface area contributed by atoms with Gasteiger partial charge >= 0.3 is 0 Å². The van der Waals surface area contributed by atoms with Gasteiger partial charge in [-0.25, -0.2) is 0 Å². The number of piperidine rings is 1. The highest BCUT2D eigenvalue weighted by atomic mass is 16.1. The Morgan fingerprint density at radius 2 is 1.76 bits per heavy atom. The van der Waals surface area contributed by atoms with Crippen molar-refractivity contribution < 1.29 is 4.79 Å². The number of hydrogen-bond donors (Lipinski definition) is 0. The molecule has 0 amide bonds. The monoisotopic (exact) mass is 237 g/mol. The first-order valence-electron chi connectivity index (χ1n) is 7.43. The first-order chi connectivity index (χ1) is 8.16. The largest absolute Gasteiger partial charge is 0.298 e. The summed E-state index contributed by atoms with van der Waals surface area (Å²) in [6.45, 7) is 6.44. The summed E-state index contributed by atoms with van der Waals surface area (Å²) in [7, 11) is 0. The first kappa shape index (κ1) is 13.1. The molecule has 2 rings (SSSR count). The van der Waals surface area contributed by atoms with Gasteiger partial charge in [0.2, 0.25) is 0 Å². The van der Waals surface area contributed by atoms with Crippen LogP contribution in [0.3, 0.4) is 0 Å². The molecule has 1 aliphatic heterocycles. The van der Waals surface area contributed by atoms with E-state index >= 15 is 0 Å². The van der Waals surface area contributed by atoms with Crippen molar-refractivity contribution in [1.82, 2.24) is 4.90 Å². The highest BCUT2D eigenvalue weighted by Gasteiger charge is 2.27. The molecule has 1 aliphatic carbocycles. The minimum atomic E-state index is 0.375. The molecule has 0 aromatic carbocycles. The molecule has 1 heterocycles. The zero-order valence-corrected chi connectivity index (χ0v) is 11.5. The quantitative estimate of drug-likeness (QED) is 0.751. The van der Waals surface area contributed by atoms with E-state index in [0.29, 0.717) is 17.7 Å². The maximum atomic E-state index is 12.3. The van der Waals surface area contributed by atoms with Crippen LogP contribution < -0.4 is 0 Å². The van der Waals surface area contributed by atoms with Gasteiger partial charge in [-0.3, -0.25) is 9.69 Å². The Kier molecular flexibility index (Phi) is 4.61. The summed E-state index contributed by atoms with van der Waals surface area (Å²) in [5.74, 6) is 1.74. The van der Waals surface area contributed by atoms with Crippen LogP contribution in [-0.2, 0) is 4.79 Å². The normalized spacial score (nSPS) is 35.8. The van der Waals surface area contributed by atoms with Crippen molar-refractivity contribution in [3.05, 3.63) is 0 Å². The lowest BCUT2D eigenvalue weighted by atomic mass is 9.80. The maximum absolute atomic E-state index is 12.3. The van der Waals surface area contributed by atoms with E-state index in [-0.39, 0.29) is 0 Å². The predicted molar refractivity (Wildman–Crippen MR) is 71.0 cm³/mol. The molecule has 2 heteroatoms.